The molecule has 1 aromatic heterocycles. The van der Waals surface area contributed by atoms with Gasteiger partial charge in [0.1, 0.15) is 0 Å². The highest BCUT2D eigenvalue weighted by Gasteiger charge is 2.30. The van der Waals surface area contributed by atoms with Gasteiger partial charge < -0.3 is 5.11 Å². The van der Waals surface area contributed by atoms with E-state index in [0.717, 1.165) is 0 Å². The van der Waals surface area contributed by atoms with E-state index in [1.54, 1.807) is 36.4 Å². The number of rotatable bonds is 6. The standard InChI is InChI=1S/C16H19BrN2O3S/c1-11(2)15(20)14(12-7-4-3-5-8-12)19-23(21,22)16-13(17)9-6-10-18-16/h3-11,14-15,19-20H,1-2H3. The Morgan fingerprint density at radius 3 is 2.35 bits per heavy atom. The SMILES string of the molecule is CC(C)C(O)C(NS(=O)(=O)c1ncccc1Br)c1ccccc1. The topological polar surface area (TPSA) is 79.3 Å². The minimum absolute atomic E-state index is 0.100. The Morgan fingerprint density at radius 2 is 1.78 bits per heavy atom. The lowest BCUT2D eigenvalue weighted by Crippen LogP contribution is -2.39. The summed E-state index contributed by atoms with van der Waals surface area (Å²) in [4.78, 5) is 3.92. The summed E-state index contributed by atoms with van der Waals surface area (Å²) in [7, 11) is -3.88. The molecule has 0 fully saturated rings. The van der Waals surface area contributed by atoms with Crippen molar-refractivity contribution in [2.75, 3.05) is 0 Å². The summed E-state index contributed by atoms with van der Waals surface area (Å²) in [5, 5.41) is 10.4. The van der Waals surface area contributed by atoms with Crippen molar-refractivity contribution in [3.8, 4) is 0 Å². The third-order valence-corrected chi connectivity index (χ3v) is 5.75. The van der Waals surface area contributed by atoms with Crippen LogP contribution < -0.4 is 4.72 Å². The molecule has 2 unspecified atom stereocenters. The molecule has 2 N–H and O–H groups in total. The van der Waals surface area contributed by atoms with Crippen molar-refractivity contribution in [2.45, 2.75) is 31.0 Å². The van der Waals surface area contributed by atoms with Gasteiger partial charge in [-0.05, 0) is 39.5 Å². The van der Waals surface area contributed by atoms with Crippen LogP contribution in [0, 0.1) is 5.92 Å². The van der Waals surface area contributed by atoms with Crippen LogP contribution in [0.4, 0.5) is 0 Å². The fourth-order valence-corrected chi connectivity index (χ4v) is 4.31. The fourth-order valence-electron chi connectivity index (χ4n) is 2.17. The van der Waals surface area contributed by atoms with Gasteiger partial charge in [0, 0.05) is 6.20 Å². The largest absolute Gasteiger partial charge is 0.391 e. The quantitative estimate of drug-likeness (QED) is 0.783. The summed E-state index contributed by atoms with van der Waals surface area (Å²) in [5.74, 6) is -0.116. The number of pyridine rings is 1. The van der Waals surface area contributed by atoms with Gasteiger partial charge in [0.25, 0.3) is 10.0 Å². The van der Waals surface area contributed by atoms with Crippen LogP contribution in [0.5, 0.6) is 0 Å². The number of nitrogens with zero attached hydrogens (tertiary/aromatic N) is 1. The first-order valence-corrected chi connectivity index (χ1v) is 9.46. The van der Waals surface area contributed by atoms with Crippen molar-refractivity contribution < 1.29 is 13.5 Å². The maximum Gasteiger partial charge on any atom is 0.259 e. The fraction of sp³-hybridized carbons (Fsp3) is 0.312. The van der Waals surface area contributed by atoms with Gasteiger partial charge in [-0.25, -0.2) is 13.4 Å². The molecule has 2 atom stereocenters. The molecule has 0 aliphatic carbocycles. The highest BCUT2D eigenvalue weighted by Crippen LogP contribution is 2.26. The van der Waals surface area contributed by atoms with Gasteiger partial charge in [-0.15, -0.1) is 0 Å². The number of sulfonamides is 1. The number of halogens is 1. The van der Waals surface area contributed by atoms with Crippen LogP contribution in [-0.4, -0.2) is 24.6 Å². The summed E-state index contributed by atoms with van der Waals surface area (Å²) >= 11 is 3.20. The van der Waals surface area contributed by atoms with Gasteiger partial charge in [-0.2, -0.15) is 4.72 Å². The maximum atomic E-state index is 12.6. The molecule has 0 saturated heterocycles. The number of hydrogen-bond donors (Lipinski definition) is 2. The predicted octanol–water partition coefficient (Wildman–Crippen LogP) is 2.88. The summed E-state index contributed by atoms with van der Waals surface area (Å²) in [6.07, 6.45) is 0.546. The second-order valence-corrected chi connectivity index (χ2v) is 8.02. The molecular weight excluding hydrogens is 380 g/mol. The molecular formula is C16H19BrN2O3S. The zero-order chi connectivity index (χ0) is 17.0. The second-order valence-electron chi connectivity index (χ2n) is 5.53. The lowest BCUT2D eigenvalue weighted by atomic mass is 9.94. The molecule has 0 aliphatic rings. The van der Waals surface area contributed by atoms with Gasteiger partial charge in [0.05, 0.1) is 16.6 Å². The zero-order valence-electron chi connectivity index (χ0n) is 12.8. The summed E-state index contributed by atoms with van der Waals surface area (Å²) in [6.45, 7) is 3.68. The molecule has 0 radical (unpaired) electrons. The van der Waals surface area contributed by atoms with Crippen LogP contribution in [-0.2, 0) is 10.0 Å². The van der Waals surface area contributed by atoms with E-state index < -0.39 is 22.2 Å². The summed E-state index contributed by atoms with van der Waals surface area (Å²) in [5.41, 5.74) is 0.698. The second kappa shape index (κ2) is 7.53. The minimum atomic E-state index is -3.88. The molecule has 1 aromatic carbocycles. The molecule has 23 heavy (non-hydrogen) atoms. The first-order valence-electron chi connectivity index (χ1n) is 7.19. The van der Waals surface area contributed by atoms with E-state index >= 15 is 0 Å². The first-order chi connectivity index (χ1) is 10.8. The number of hydrogen-bond acceptors (Lipinski definition) is 4. The molecule has 2 rings (SSSR count). The molecule has 5 nitrogen and oxygen atoms in total. The Bertz CT molecular complexity index is 751. The number of benzene rings is 1. The van der Waals surface area contributed by atoms with Crippen LogP contribution in [0.25, 0.3) is 0 Å². The summed E-state index contributed by atoms with van der Waals surface area (Å²) in [6, 6.07) is 11.5. The Kier molecular flexibility index (Phi) is 5.91. The monoisotopic (exact) mass is 398 g/mol. The van der Waals surface area contributed by atoms with Crippen molar-refractivity contribution in [1.29, 1.82) is 0 Å². The smallest absolute Gasteiger partial charge is 0.259 e. The van der Waals surface area contributed by atoms with E-state index in [9.17, 15) is 13.5 Å². The molecule has 0 saturated carbocycles. The van der Waals surface area contributed by atoms with Gasteiger partial charge >= 0.3 is 0 Å². The molecule has 0 aliphatic heterocycles. The third-order valence-electron chi connectivity index (χ3n) is 3.44. The van der Waals surface area contributed by atoms with Crippen LogP contribution in [0.1, 0.15) is 25.5 Å². The van der Waals surface area contributed by atoms with Crippen LogP contribution in [0.2, 0.25) is 0 Å². The molecule has 1 heterocycles. The highest BCUT2D eigenvalue weighted by molar-refractivity contribution is 9.10. The number of aliphatic hydroxyl groups is 1. The van der Waals surface area contributed by atoms with Crippen molar-refractivity contribution >= 4 is 26.0 Å². The summed E-state index contributed by atoms with van der Waals surface area (Å²) < 4.78 is 28.2. The van der Waals surface area contributed by atoms with E-state index in [1.807, 2.05) is 19.9 Å². The first kappa shape index (κ1) is 18.1. The third kappa shape index (κ3) is 4.38. The maximum absolute atomic E-state index is 12.6. The van der Waals surface area contributed by atoms with Crippen molar-refractivity contribution in [3.63, 3.8) is 0 Å². The molecule has 0 bridgehead atoms. The molecule has 7 heteroatoms. The van der Waals surface area contributed by atoms with Crippen molar-refractivity contribution in [1.82, 2.24) is 9.71 Å². The number of aliphatic hydroxyl groups excluding tert-OH is 1. The van der Waals surface area contributed by atoms with Gasteiger partial charge in [0.15, 0.2) is 5.03 Å². The number of nitrogens with one attached hydrogen (secondary N) is 1. The van der Waals surface area contributed by atoms with E-state index in [1.165, 1.54) is 6.20 Å². The normalized spacial score (nSPS) is 14.7. The number of aromatic nitrogens is 1. The van der Waals surface area contributed by atoms with Crippen molar-refractivity contribution in [3.05, 3.63) is 58.7 Å². The Morgan fingerprint density at radius 1 is 1.13 bits per heavy atom. The van der Waals surface area contributed by atoms with Gasteiger partial charge in [-0.3, -0.25) is 0 Å². The molecule has 0 amide bonds. The van der Waals surface area contributed by atoms with Crippen molar-refractivity contribution in [2.24, 2.45) is 5.92 Å². The predicted molar refractivity (Wildman–Crippen MR) is 92.3 cm³/mol. The van der Waals surface area contributed by atoms with Gasteiger partial charge in [-0.1, -0.05) is 44.2 Å². The lowest BCUT2D eigenvalue weighted by molar-refractivity contribution is 0.0917. The van der Waals surface area contributed by atoms with Crippen LogP contribution in [0.3, 0.4) is 0 Å². The van der Waals surface area contributed by atoms with E-state index in [0.29, 0.717) is 10.0 Å². The Labute approximate surface area is 145 Å². The van der Waals surface area contributed by atoms with Crippen LogP contribution >= 0.6 is 15.9 Å². The van der Waals surface area contributed by atoms with E-state index in [-0.39, 0.29) is 10.9 Å². The van der Waals surface area contributed by atoms with Gasteiger partial charge in [0.2, 0.25) is 0 Å². The zero-order valence-corrected chi connectivity index (χ0v) is 15.3. The molecule has 2 aromatic rings. The molecule has 124 valence electrons. The molecule has 0 spiro atoms. The van der Waals surface area contributed by atoms with E-state index in [4.69, 9.17) is 0 Å². The Hall–Kier alpha value is -1.28. The average molecular weight is 399 g/mol. The minimum Gasteiger partial charge on any atom is -0.391 e. The average Bonchev–Trinajstić information content (AvgIpc) is 2.53. The Balaban J connectivity index is 2.40. The van der Waals surface area contributed by atoms with Crippen LogP contribution in [0.15, 0.2) is 58.2 Å². The highest BCUT2D eigenvalue weighted by atomic mass is 79.9. The lowest BCUT2D eigenvalue weighted by Gasteiger charge is -2.27. The van der Waals surface area contributed by atoms with E-state index in [2.05, 4.69) is 25.6 Å².